The molecule has 32 heavy (non-hydrogen) atoms. The first-order valence-corrected chi connectivity index (χ1v) is 10.5. The first-order chi connectivity index (χ1) is 14.7. The lowest BCUT2D eigenvalue weighted by molar-refractivity contribution is -0.126. The Kier molecular flexibility index (Phi) is 6.01. The van der Waals surface area contributed by atoms with Crippen LogP contribution in [-0.4, -0.2) is 76.2 Å². The van der Waals surface area contributed by atoms with Crippen molar-refractivity contribution >= 4 is 41.2 Å². The van der Waals surface area contributed by atoms with Gasteiger partial charge in [-0.2, -0.15) is 4.90 Å². The Bertz CT molecular complexity index is 947. The zero-order valence-electron chi connectivity index (χ0n) is 18.9. The number of hydrogen-bond acceptors (Lipinski definition) is 8. The number of carbonyl (C=O) groups is 3. The van der Waals surface area contributed by atoms with Gasteiger partial charge in [-0.25, -0.2) is 14.0 Å². The molecule has 2 aliphatic rings. The monoisotopic (exact) mass is 471 g/mol. The van der Waals surface area contributed by atoms with Gasteiger partial charge < -0.3 is 19.3 Å². The normalized spacial score (nSPS) is 21.1. The first kappa shape index (κ1) is 24.0. The minimum Gasteiger partial charge on any atom is -0.444 e. The quantitative estimate of drug-likeness (QED) is 0.615. The summed E-state index contributed by atoms with van der Waals surface area (Å²) >= 11 is 6.02. The van der Waals surface area contributed by atoms with Gasteiger partial charge in [-0.3, -0.25) is 4.79 Å². The molecule has 0 bridgehead atoms. The van der Waals surface area contributed by atoms with Crippen molar-refractivity contribution in [3.8, 4) is 0 Å². The molecule has 0 radical (unpaired) electrons. The molecular weight excluding hydrogens is 445 g/mol. The van der Waals surface area contributed by atoms with Gasteiger partial charge in [0.25, 0.3) is 5.91 Å². The molecule has 1 saturated heterocycles. The molecule has 3 amide bonds. The zero-order chi connectivity index (χ0) is 24.1. The van der Waals surface area contributed by atoms with Crippen molar-refractivity contribution in [2.75, 3.05) is 36.1 Å². The van der Waals surface area contributed by atoms with E-state index in [1.165, 1.54) is 15.9 Å². The minimum absolute atomic E-state index is 0.00423. The van der Waals surface area contributed by atoms with E-state index in [4.69, 9.17) is 21.1 Å². The summed E-state index contributed by atoms with van der Waals surface area (Å²) in [7, 11) is 0. The maximum Gasteiger partial charge on any atom is 0.423 e. The predicted octanol–water partition coefficient (Wildman–Crippen LogP) is 3.18. The van der Waals surface area contributed by atoms with Crippen molar-refractivity contribution in [3.05, 3.63) is 11.2 Å². The zero-order valence-corrected chi connectivity index (χ0v) is 19.7. The summed E-state index contributed by atoms with van der Waals surface area (Å²) in [5.74, 6) is -1.02. The molecule has 1 aromatic rings. The third-order valence-corrected chi connectivity index (χ3v) is 5.03. The van der Waals surface area contributed by atoms with Crippen molar-refractivity contribution < 1.29 is 28.2 Å². The molecule has 0 spiro atoms. The van der Waals surface area contributed by atoms with Crippen LogP contribution in [0.15, 0.2) is 6.07 Å². The van der Waals surface area contributed by atoms with Crippen LogP contribution in [0.25, 0.3) is 0 Å². The average molecular weight is 472 g/mol. The van der Waals surface area contributed by atoms with Gasteiger partial charge in [-0.1, -0.05) is 11.6 Å². The first-order valence-electron chi connectivity index (χ1n) is 10.1. The third-order valence-electron chi connectivity index (χ3n) is 4.84. The number of imide groups is 1. The number of amides is 3. The number of nitrogens with zero attached hydrogens (tertiary/aromatic N) is 5. The molecule has 1 fully saturated rings. The maximum atomic E-state index is 14.7. The Labute approximate surface area is 190 Å². The van der Waals surface area contributed by atoms with Gasteiger partial charge in [-0.05, 0) is 41.5 Å². The second-order valence-electron chi connectivity index (χ2n) is 9.72. The number of piperazine rings is 1. The molecule has 2 aliphatic heterocycles. The van der Waals surface area contributed by atoms with Crippen LogP contribution in [-0.2, 0) is 14.3 Å². The van der Waals surface area contributed by atoms with Crippen molar-refractivity contribution in [1.29, 1.82) is 0 Å². The number of carbonyl (C=O) groups excluding carboxylic acids is 3. The number of halogens is 2. The lowest BCUT2D eigenvalue weighted by Crippen LogP contribution is -2.74. The van der Waals surface area contributed by atoms with Crippen LogP contribution in [0, 0.1) is 0 Å². The van der Waals surface area contributed by atoms with Crippen molar-refractivity contribution in [2.45, 2.75) is 58.3 Å². The molecule has 0 aliphatic carbocycles. The van der Waals surface area contributed by atoms with Gasteiger partial charge in [0.2, 0.25) is 0 Å². The highest BCUT2D eigenvalue weighted by Crippen LogP contribution is 2.42. The van der Waals surface area contributed by atoms with E-state index in [1.807, 2.05) is 0 Å². The van der Waals surface area contributed by atoms with E-state index in [9.17, 15) is 18.8 Å². The molecule has 1 atom stereocenters. The maximum absolute atomic E-state index is 14.7. The summed E-state index contributed by atoms with van der Waals surface area (Å²) in [6.45, 7) is 8.76. The van der Waals surface area contributed by atoms with Gasteiger partial charge in [0.15, 0.2) is 16.5 Å². The Morgan fingerprint density at radius 3 is 2.25 bits per heavy atom. The largest absolute Gasteiger partial charge is 0.444 e. The van der Waals surface area contributed by atoms with Crippen molar-refractivity contribution in [2.24, 2.45) is 0 Å². The second-order valence-corrected chi connectivity index (χ2v) is 10.1. The van der Waals surface area contributed by atoms with Gasteiger partial charge in [-0.15, -0.1) is 10.2 Å². The molecule has 0 saturated carbocycles. The van der Waals surface area contributed by atoms with E-state index in [0.717, 1.165) is 0 Å². The molecule has 12 heteroatoms. The van der Waals surface area contributed by atoms with Gasteiger partial charge in [0.1, 0.15) is 17.9 Å². The Hall–Kier alpha value is -2.69. The summed E-state index contributed by atoms with van der Waals surface area (Å²) < 4.78 is 25.5. The summed E-state index contributed by atoms with van der Waals surface area (Å²) in [6.07, 6.45) is -1.71. The van der Waals surface area contributed by atoms with Crippen molar-refractivity contribution in [3.63, 3.8) is 0 Å². The number of hydrogen-bond donors (Lipinski definition) is 0. The van der Waals surface area contributed by atoms with Gasteiger partial charge >= 0.3 is 12.2 Å². The average Bonchev–Trinajstić information content (AvgIpc) is 2.65. The topological polar surface area (TPSA) is 105 Å². The van der Waals surface area contributed by atoms with Crippen LogP contribution in [0.2, 0.25) is 5.15 Å². The Morgan fingerprint density at radius 2 is 1.69 bits per heavy atom. The Balaban J connectivity index is 2.07. The van der Waals surface area contributed by atoms with Crippen LogP contribution >= 0.6 is 11.6 Å². The third kappa shape index (κ3) is 4.43. The van der Waals surface area contributed by atoms with E-state index in [1.54, 1.807) is 41.5 Å². The van der Waals surface area contributed by atoms with E-state index in [2.05, 4.69) is 10.2 Å². The van der Waals surface area contributed by atoms with Gasteiger partial charge in [0, 0.05) is 19.2 Å². The van der Waals surface area contributed by atoms with Crippen LogP contribution in [0.5, 0.6) is 0 Å². The fourth-order valence-electron chi connectivity index (χ4n) is 3.59. The second kappa shape index (κ2) is 8.02. The molecule has 1 aromatic heterocycles. The predicted molar refractivity (Wildman–Crippen MR) is 115 cm³/mol. The molecule has 0 aromatic carbocycles. The highest BCUT2D eigenvalue weighted by atomic mass is 35.5. The number of ether oxygens (including phenoxy) is 2. The molecular formula is C20H27ClFN5O5. The number of alkyl halides is 1. The van der Waals surface area contributed by atoms with E-state index >= 15 is 0 Å². The summed E-state index contributed by atoms with van der Waals surface area (Å²) in [6, 6.07) is 1.40. The Morgan fingerprint density at radius 1 is 1.09 bits per heavy atom. The van der Waals surface area contributed by atoms with E-state index in [0.29, 0.717) is 4.90 Å². The number of fused-ring (bicyclic) bond motifs is 3. The number of anilines is 2. The van der Waals surface area contributed by atoms with Crippen LogP contribution in [0.1, 0.15) is 41.5 Å². The highest BCUT2D eigenvalue weighted by molar-refractivity contribution is 6.30. The van der Waals surface area contributed by atoms with Crippen LogP contribution in [0.4, 0.5) is 25.5 Å². The molecule has 3 heterocycles. The minimum atomic E-state index is -1.88. The molecule has 176 valence electrons. The van der Waals surface area contributed by atoms with E-state index < -0.39 is 41.5 Å². The lowest BCUT2D eigenvalue weighted by Gasteiger charge is -2.53. The molecule has 3 rings (SSSR count). The fourth-order valence-corrected chi connectivity index (χ4v) is 3.74. The molecule has 1 unspecified atom stereocenters. The van der Waals surface area contributed by atoms with E-state index in [-0.39, 0.29) is 36.3 Å². The molecule has 0 N–H and O–H groups in total. The van der Waals surface area contributed by atoms with Crippen LogP contribution < -0.4 is 9.80 Å². The SMILES string of the molecule is CC(C)(C)OC(=O)N1CCN2c3cc(Cl)nnc3N(C(=O)OC(C)(C)C)C(=O)C2(CF)C1. The van der Waals surface area contributed by atoms with Crippen LogP contribution in [0.3, 0.4) is 0 Å². The number of aromatic nitrogens is 2. The van der Waals surface area contributed by atoms with Crippen molar-refractivity contribution in [1.82, 2.24) is 15.1 Å². The summed E-state index contributed by atoms with van der Waals surface area (Å²) in [5, 5.41) is 7.65. The van der Waals surface area contributed by atoms with Gasteiger partial charge in [0.05, 0.1) is 12.2 Å². The standard InChI is InChI=1S/C20H27ClFN5O5/c1-18(2,3)31-16(29)25-7-8-26-12-9-13(21)23-24-14(12)27(17(30)32-19(4,5)6)15(28)20(26,10-22)11-25/h9H,7-8,10-11H2,1-6H3. The fraction of sp³-hybridized carbons (Fsp3) is 0.650. The smallest absolute Gasteiger partial charge is 0.423 e. The summed E-state index contributed by atoms with van der Waals surface area (Å²) in [5.41, 5.74) is -3.33. The highest BCUT2D eigenvalue weighted by Gasteiger charge is 2.58. The lowest BCUT2D eigenvalue weighted by atomic mass is 9.90. The summed E-state index contributed by atoms with van der Waals surface area (Å²) in [4.78, 5) is 42.6. The number of rotatable bonds is 1. The molecule has 10 nitrogen and oxygen atoms in total.